The molecule has 1 heterocycles. The number of ether oxygens (including phenoxy) is 1. The quantitative estimate of drug-likeness (QED) is 0.875. The molecule has 0 atom stereocenters. The Bertz CT molecular complexity index is 628. The molecule has 0 aromatic heterocycles. The Morgan fingerprint density at radius 2 is 2.19 bits per heavy atom. The maximum atomic E-state index is 12.1. The SMILES string of the molecule is C=CS(=O)(=O)NCCC(=O)N1CCOc2ccccc2C1. The molecule has 0 fully saturated rings. The highest BCUT2D eigenvalue weighted by Gasteiger charge is 2.19. The lowest BCUT2D eigenvalue weighted by molar-refractivity contribution is -0.131. The van der Waals surface area contributed by atoms with Gasteiger partial charge in [-0.15, -0.1) is 0 Å². The zero-order chi connectivity index (χ0) is 15.3. The van der Waals surface area contributed by atoms with Crippen molar-refractivity contribution in [3.05, 3.63) is 41.8 Å². The Balaban J connectivity index is 1.93. The van der Waals surface area contributed by atoms with E-state index in [4.69, 9.17) is 4.74 Å². The zero-order valence-electron chi connectivity index (χ0n) is 11.6. The van der Waals surface area contributed by atoms with Crippen LogP contribution in [0.2, 0.25) is 0 Å². The summed E-state index contributed by atoms with van der Waals surface area (Å²) < 4.78 is 30.3. The second kappa shape index (κ2) is 6.73. The summed E-state index contributed by atoms with van der Waals surface area (Å²) in [5.41, 5.74) is 0.954. The van der Waals surface area contributed by atoms with E-state index in [1.165, 1.54) is 0 Å². The Morgan fingerprint density at radius 1 is 1.43 bits per heavy atom. The molecule has 0 spiro atoms. The van der Waals surface area contributed by atoms with Crippen LogP contribution in [0.3, 0.4) is 0 Å². The maximum Gasteiger partial charge on any atom is 0.233 e. The van der Waals surface area contributed by atoms with Crippen molar-refractivity contribution in [2.24, 2.45) is 0 Å². The fourth-order valence-corrected chi connectivity index (χ4v) is 2.56. The van der Waals surface area contributed by atoms with Gasteiger partial charge < -0.3 is 9.64 Å². The van der Waals surface area contributed by atoms with Crippen molar-refractivity contribution in [3.63, 3.8) is 0 Å². The molecule has 0 bridgehead atoms. The number of sulfonamides is 1. The number of carbonyl (C=O) groups is 1. The summed E-state index contributed by atoms with van der Waals surface area (Å²) in [4.78, 5) is 13.8. The van der Waals surface area contributed by atoms with Gasteiger partial charge in [0.1, 0.15) is 12.4 Å². The van der Waals surface area contributed by atoms with Crippen molar-refractivity contribution in [3.8, 4) is 5.75 Å². The molecule has 0 unspecified atom stereocenters. The van der Waals surface area contributed by atoms with Crippen molar-refractivity contribution in [1.29, 1.82) is 0 Å². The van der Waals surface area contributed by atoms with E-state index < -0.39 is 10.0 Å². The van der Waals surface area contributed by atoms with E-state index in [-0.39, 0.29) is 18.9 Å². The molecule has 1 aliphatic rings. The average Bonchev–Trinajstić information content (AvgIpc) is 2.69. The fourth-order valence-electron chi connectivity index (χ4n) is 2.06. The highest BCUT2D eigenvalue weighted by Crippen LogP contribution is 2.22. The lowest BCUT2D eigenvalue weighted by atomic mass is 10.2. The lowest BCUT2D eigenvalue weighted by Gasteiger charge is -2.19. The second-order valence-corrected chi connectivity index (χ2v) is 6.34. The Hall–Kier alpha value is -1.86. The van der Waals surface area contributed by atoms with E-state index >= 15 is 0 Å². The minimum absolute atomic E-state index is 0.0617. The molecular weight excluding hydrogens is 292 g/mol. The normalized spacial score (nSPS) is 14.8. The number of nitrogens with zero attached hydrogens (tertiary/aromatic N) is 1. The van der Waals surface area contributed by atoms with Gasteiger partial charge in [0.2, 0.25) is 15.9 Å². The first-order valence-corrected chi connectivity index (χ1v) is 8.17. The van der Waals surface area contributed by atoms with Crippen molar-refractivity contribution in [2.75, 3.05) is 19.7 Å². The van der Waals surface area contributed by atoms with Crippen LogP contribution >= 0.6 is 0 Å². The van der Waals surface area contributed by atoms with E-state index in [9.17, 15) is 13.2 Å². The number of amides is 1. The summed E-state index contributed by atoms with van der Waals surface area (Å²) in [6.07, 6.45) is 0.106. The first-order chi connectivity index (χ1) is 10.0. The molecule has 0 aliphatic carbocycles. The molecule has 114 valence electrons. The minimum atomic E-state index is -3.48. The number of carbonyl (C=O) groups excluding carboxylic acids is 1. The van der Waals surface area contributed by atoms with E-state index in [0.29, 0.717) is 19.7 Å². The smallest absolute Gasteiger partial charge is 0.233 e. The van der Waals surface area contributed by atoms with E-state index in [1.54, 1.807) is 4.90 Å². The van der Waals surface area contributed by atoms with E-state index in [1.807, 2.05) is 24.3 Å². The molecule has 1 N–H and O–H groups in total. The number of para-hydroxylation sites is 1. The summed E-state index contributed by atoms with van der Waals surface area (Å²) in [5.74, 6) is 0.683. The predicted molar refractivity (Wildman–Crippen MR) is 79.1 cm³/mol. The minimum Gasteiger partial charge on any atom is -0.491 e. The number of fused-ring (bicyclic) bond motifs is 1. The molecule has 1 amide bonds. The molecule has 6 nitrogen and oxygen atoms in total. The molecule has 7 heteroatoms. The third-order valence-electron chi connectivity index (χ3n) is 3.17. The number of nitrogens with one attached hydrogen (secondary N) is 1. The molecule has 0 saturated carbocycles. The summed E-state index contributed by atoms with van der Waals surface area (Å²) in [7, 11) is -3.48. The summed E-state index contributed by atoms with van der Waals surface area (Å²) in [6.45, 7) is 4.65. The molecule has 2 rings (SSSR count). The number of rotatable bonds is 5. The van der Waals surface area contributed by atoms with Gasteiger partial charge >= 0.3 is 0 Å². The van der Waals surface area contributed by atoms with Gasteiger partial charge in [0.25, 0.3) is 0 Å². The molecule has 1 aliphatic heterocycles. The van der Waals surface area contributed by atoms with E-state index in [0.717, 1.165) is 16.7 Å². The van der Waals surface area contributed by atoms with E-state index in [2.05, 4.69) is 11.3 Å². The molecule has 0 saturated heterocycles. The van der Waals surface area contributed by atoms with Crippen LogP contribution in [0.15, 0.2) is 36.3 Å². The third kappa shape index (κ3) is 4.30. The van der Waals surface area contributed by atoms with Gasteiger partial charge in [0.05, 0.1) is 6.54 Å². The van der Waals surface area contributed by atoms with Gasteiger partial charge in [-0.25, -0.2) is 13.1 Å². The van der Waals surface area contributed by atoms with Crippen molar-refractivity contribution in [2.45, 2.75) is 13.0 Å². The maximum absolute atomic E-state index is 12.1. The number of benzene rings is 1. The summed E-state index contributed by atoms with van der Waals surface area (Å²) in [5, 5.41) is 0.827. The summed E-state index contributed by atoms with van der Waals surface area (Å²) >= 11 is 0. The topological polar surface area (TPSA) is 75.7 Å². The fraction of sp³-hybridized carbons (Fsp3) is 0.357. The van der Waals surface area contributed by atoms with Crippen LogP contribution in [0.1, 0.15) is 12.0 Å². The first kappa shape index (κ1) is 15.5. The van der Waals surface area contributed by atoms with Gasteiger partial charge in [-0.05, 0) is 6.07 Å². The zero-order valence-corrected chi connectivity index (χ0v) is 12.4. The van der Waals surface area contributed by atoms with Gasteiger partial charge in [-0.2, -0.15) is 0 Å². The highest BCUT2D eigenvalue weighted by molar-refractivity contribution is 7.92. The average molecular weight is 310 g/mol. The first-order valence-electron chi connectivity index (χ1n) is 6.62. The Morgan fingerprint density at radius 3 is 2.95 bits per heavy atom. The van der Waals surface area contributed by atoms with Crippen LogP contribution in [0.4, 0.5) is 0 Å². The van der Waals surface area contributed by atoms with Gasteiger partial charge in [0.15, 0.2) is 0 Å². The Kier molecular flexibility index (Phi) is 4.98. The highest BCUT2D eigenvalue weighted by atomic mass is 32.2. The largest absolute Gasteiger partial charge is 0.491 e. The monoisotopic (exact) mass is 310 g/mol. The van der Waals surface area contributed by atoms with Gasteiger partial charge in [0, 0.05) is 30.5 Å². The second-order valence-electron chi connectivity index (χ2n) is 4.63. The number of hydrogen-bond acceptors (Lipinski definition) is 4. The van der Waals surface area contributed by atoms with Crippen LogP contribution in [-0.2, 0) is 21.4 Å². The standard InChI is InChI=1S/C14H18N2O4S/c1-2-21(18,19)15-8-7-14(17)16-9-10-20-13-6-4-3-5-12(13)11-16/h2-6,15H,1,7-11H2. The van der Waals surface area contributed by atoms with Crippen molar-refractivity contribution in [1.82, 2.24) is 9.62 Å². The molecule has 0 radical (unpaired) electrons. The summed E-state index contributed by atoms with van der Waals surface area (Å²) in [6, 6.07) is 7.58. The molecule has 1 aromatic rings. The van der Waals surface area contributed by atoms with Crippen LogP contribution in [0.5, 0.6) is 5.75 Å². The molecule has 21 heavy (non-hydrogen) atoms. The van der Waals surface area contributed by atoms with Crippen LogP contribution in [0.25, 0.3) is 0 Å². The lowest BCUT2D eigenvalue weighted by Crippen LogP contribution is -2.35. The van der Waals surface area contributed by atoms with Gasteiger partial charge in [-0.1, -0.05) is 24.8 Å². The van der Waals surface area contributed by atoms with Crippen molar-refractivity contribution >= 4 is 15.9 Å². The van der Waals surface area contributed by atoms with Crippen molar-refractivity contribution < 1.29 is 17.9 Å². The number of hydrogen-bond donors (Lipinski definition) is 1. The van der Waals surface area contributed by atoms with Crippen LogP contribution in [-0.4, -0.2) is 38.9 Å². The third-order valence-corrected chi connectivity index (χ3v) is 4.21. The molecule has 1 aromatic carbocycles. The predicted octanol–water partition coefficient (Wildman–Crippen LogP) is 0.861. The van der Waals surface area contributed by atoms with Crippen LogP contribution < -0.4 is 9.46 Å². The van der Waals surface area contributed by atoms with Gasteiger partial charge in [-0.3, -0.25) is 4.79 Å². The van der Waals surface area contributed by atoms with Crippen LogP contribution in [0, 0.1) is 0 Å². The molecular formula is C14H18N2O4S. The Labute approximate surface area is 124 Å².